The summed E-state index contributed by atoms with van der Waals surface area (Å²) >= 11 is 0. The van der Waals surface area contributed by atoms with E-state index in [0.717, 1.165) is 6.07 Å². The first kappa shape index (κ1) is 26.4. The van der Waals surface area contributed by atoms with E-state index < -0.39 is 45.1 Å². The number of hydrogen-bond donors (Lipinski definition) is 2. The van der Waals surface area contributed by atoms with Crippen LogP contribution in [0.3, 0.4) is 0 Å². The molecule has 1 unspecified atom stereocenters. The van der Waals surface area contributed by atoms with Gasteiger partial charge in [0.05, 0.1) is 23.5 Å². The minimum Gasteiger partial charge on any atom is -0.480 e. The van der Waals surface area contributed by atoms with Gasteiger partial charge in [0.15, 0.2) is 11.4 Å². The van der Waals surface area contributed by atoms with Crippen molar-refractivity contribution in [1.29, 1.82) is 0 Å². The van der Waals surface area contributed by atoms with E-state index in [4.69, 9.17) is 15.6 Å². The molecule has 3 aromatic rings. The molecule has 1 aliphatic heterocycles. The molecule has 1 saturated heterocycles. The van der Waals surface area contributed by atoms with Gasteiger partial charge in [-0.25, -0.2) is 17.2 Å². The number of halogens is 2. The van der Waals surface area contributed by atoms with E-state index in [1.54, 1.807) is 6.07 Å². The van der Waals surface area contributed by atoms with Gasteiger partial charge in [-0.05, 0) is 66.9 Å². The maximum atomic E-state index is 14.0. The Balaban J connectivity index is 1.63. The third kappa shape index (κ3) is 5.38. The number of Topliss-reactive ketones (excluding diaryl/α,β-unsaturated/α-hetero) is 1. The highest BCUT2D eigenvalue weighted by atomic mass is 32.2. The standard InChI is InChI=1S/C26H24F2N2O6S/c1-16(31)22-13-20(9-10-23(22)28)36-26(18-5-7-19(27)8-6-18)14-30(15-26)37(34,35)21-4-2-3-17(11-21)12-24(29)25(32)33/h2-11,13,24H,12,14-15,29H2,1H3,(H,32,33). The van der Waals surface area contributed by atoms with Gasteiger partial charge in [-0.15, -0.1) is 0 Å². The van der Waals surface area contributed by atoms with Crippen LogP contribution in [-0.4, -0.2) is 48.7 Å². The van der Waals surface area contributed by atoms with Crippen LogP contribution in [-0.2, 0) is 26.8 Å². The monoisotopic (exact) mass is 530 g/mol. The normalized spacial score (nSPS) is 16.0. The van der Waals surface area contributed by atoms with Crippen LogP contribution < -0.4 is 10.5 Å². The largest absolute Gasteiger partial charge is 0.480 e. The molecular formula is C26H24F2N2O6S. The van der Waals surface area contributed by atoms with Gasteiger partial charge in [-0.3, -0.25) is 9.59 Å². The van der Waals surface area contributed by atoms with Gasteiger partial charge in [-0.1, -0.05) is 24.3 Å². The number of sulfonamides is 1. The molecule has 0 aliphatic carbocycles. The van der Waals surface area contributed by atoms with Crippen molar-refractivity contribution in [2.24, 2.45) is 5.73 Å². The molecule has 0 radical (unpaired) electrons. The first-order chi connectivity index (χ1) is 17.4. The highest BCUT2D eigenvalue weighted by molar-refractivity contribution is 7.89. The summed E-state index contributed by atoms with van der Waals surface area (Å²) in [4.78, 5) is 22.8. The maximum absolute atomic E-state index is 14.0. The van der Waals surface area contributed by atoms with Crippen molar-refractivity contribution in [3.8, 4) is 5.75 Å². The van der Waals surface area contributed by atoms with Crippen molar-refractivity contribution in [3.05, 3.63) is 95.1 Å². The number of ether oxygens (including phenoxy) is 1. The van der Waals surface area contributed by atoms with Gasteiger partial charge in [0, 0.05) is 0 Å². The zero-order chi connectivity index (χ0) is 27.0. The Morgan fingerprint density at radius 3 is 2.38 bits per heavy atom. The van der Waals surface area contributed by atoms with Crippen molar-refractivity contribution >= 4 is 21.8 Å². The summed E-state index contributed by atoms with van der Waals surface area (Å²) in [5.74, 6) is -2.75. The Morgan fingerprint density at radius 2 is 1.76 bits per heavy atom. The number of carbonyl (C=O) groups excluding carboxylic acids is 1. The van der Waals surface area contributed by atoms with E-state index in [2.05, 4.69) is 0 Å². The first-order valence-electron chi connectivity index (χ1n) is 11.2. The molecule has 1 heterocycles. The lowest BCUT2D eigenvalue weighted by Crippen LogP contribution is -2.64. The van der Waals surface area contributed by atoms with Crippen molar-refractivity contribution in [2.45, 2.75) is 29.9 Å². The van der Waals surface area contributed by atoms with Crippen LogP contribution in [0.1, 0.15) is 28.4 Å². The van der Waals surface area contributed by atoms with Crippen LogP contribution in [0, 0.1) is 11.6 Å². The second-order valence-electron chi connectivity index (χ2n) is 8.87. The zero-order valence-corrected chi connectivity index (χ0v) is 20.5. The number of carboxylic acid groups (broad SMARTS) is 1. The smallest absolute Gasteiger partial charge is 0.320 e. The minimum absolute atomic E-state index is 0.0454. The molecule has 0 saturated carbocycles. The Hall–Kier alpha value is -3.67. The fourth-order valence-electron chi connectivity index (χ4n) is 4.14. The second kappa shape index (κ2) is 10.0. The van der Waals surface area contributed by atoms with Crippen LogP contribution in [0.2, 0.25) is 0 Å². The molecule has 1 atom stereocenters. The van der Waals surface area contributed by atoms with E-state index in [1.807, 2.05) is 0 Å². The van der Waals surface area contributed by atoms with Gasteiger partial charge in [-0.2, -0.15) is 4.31 Å². The third-order valence-electron chi connectivity index (χ3n) is 6.17. The summed E-state index contributed by atoms with van der Waals surface area (Å²) in [6.07, 6.45) is -0.0512. The predicted molar refractivity (Wildman–Crippen MR) is 130 cm³/mol. The maximum Gasteiger partial charge on any atom is 0.320 e. The topological polar surface area (TPSA) is 127 Å². The molecule has 1 fully saturated rings. The van der Waals surface area contributed by atoms with E-state index in [0.29, 0.717) is 11.1 Å². The Kier molecular flexibility index (Phi) is 7.13. The number of benzene rings is 3. The minimum atomic E-state index is -4.01. The van der Waals surface area contributed by atoms with Crippen LogP contribution in [0.5, 0.6) is 5.75 Å². The van der Waals surface area contributed by atoms with E-state index in [1.165, 1.54) is 65.8 Å². The number of carboxylic acids is 1. The highest BCUT2D eigenvalue weighted by Gasteiger charge is 2.52. The Labute approximate surface area is 212 Å². The van der Waals surface area contributed by atoms with Crippen LogP contribution in [0.25, 0.3) is 0 Å². The predicted octanol–water partition coefficient (Wildman–Crippen LogP) is 3.10. The molecule has 3 aromatic carbocycles. The average Bonchev–Trinajstić information content (AvgIpc) is 2.82. The van der Waals surface area contributed by atoms with Crippen LogP contribution in [0.4, 0.5) is 8.78 Å². The second-order valence-corrected chi connectivity index (χ2v) is 10.8. The SMILES string of the molecule is CC(=O)c1cc(OC2(c3ccc(F)cc3)CN(S(=O)(=O)c3cccc(CC(N)C(=O)O)c3)C2)ccc1F. The number of hydrogen-bond acceptors (Lipinski definition) is 6. The van der Waals surface area contributed by atoms with Gasteiger partial charge in [0.1, 0.15) is 23.4 Å². The molecule has 11 heteroatoms. The number of ketones is 1. The fraction of sp³-hybridized carbons (Fsp3) is 0.231. The van der Waals surface area contributed by atoms with Crippen molar-refractivity contribution in [1.82, 2.24) is 4.31 Å². The summed E-state index contributed by atoms with van der Waals surface area (Å²) in [6.45, 7) is 0.923. The summed E-state index contributed by atoms with van der Waals surface area (Å²) in [6, 6.07) is 13.7. The summed E-state index contributed by atoms with van der Waals surface area (Å²) < 4.78 is 61.7. The van der Waals surface area contributed by atoms with E-state index >= 15 is 0 Å². The van der Waals surface area contributed by atoms with Crippen molar-refractivity contribution in [2.75, 3.05) is 13.1 Å². The van der Waals surface area contributed by atoms with Gasteiger partial charge in [0.2, 0.25) is 10.0 Å². The van der Waals surface area contributed by atoms with E-state index in [9.17, 15) is 26.8 Å². The molecule has 0 amide bonds. The molecule has 4 rings (SSSR count). The van der Waals surface area contributed by atoms with Crippen molar-refractivity contribution < 1.29 is 36.6 Å². The van der Waals surface area contributed by atoms with Gasteiger partial charge >= 0.3 is 5.97 Å². The molecule has 0 bridgehead atoms. The van der Waals surface area contributed by atoms with E-state index in [-0.39, 0.29) is 35.7 Å². The van der Waals surface area contributed by atoms with Gasteiger partial charge < -0.3 is 15.6 Å². The summed E-state index contributed by atoms with van der Waals surface area (Å²) in [5.41, 5.74) is 5.12. The van der Waals surface area contributed by atoms with Crippen LogP contribution in [0.15, 0.2) is 71.6 Å². The Bertz CT molecular complexity index is 1450. The first-order valence-corrected chi connectivity index (χ1v) is 12.7. The van der Waals surface area contributed by atoms with Gasteiger partial charge in [0.25, 0.3) is 0 Å². The summed E-state index contributed by atoms with van der Waals surface area (Å²) in [7, 11) is -4.01. The molecule has 8 nitrogen and oxygen atoms in total. The lowest BCUT2D eigenvalue weighted by atomic mass is 9.87. The number of aliphatic carboxylic acids is 1. The third-order valence-corrected chi connectivity index (χ3v) is 7.96. The molecular weight excluding hydrogens is 506 g/mol. The number of rotatable bonds is 9. The molecule has 1 aliphatic rings. The molecule has 37 heavy (non-hydrogen) atoms. The lowest BCUT2D eigenvalue weighted by Gasteiger charge is -2.49. The molecule has 0 aromatic heterocycles. The summed E-state index contributed by atoms with van der Waals surface area (Å²) in [5, 5.41) is 9.05. The van der Waals surface area contributed by atoms with Crippen molar-refractivity contribution in [3.63, 3.8) is 0 Å². The average molecular weight is 531 g/mol. The highest BCUT2D eigenvalue weighted by Crippen LogP contribution is 2.40. The van der Waals surface area contributed by atoms with Crippen LogP contribution >= 0.6 is 0 Å². The number of carbonyl (C=O) groups is 2. The molecule has 3 N–H and O–H groups in total. The zero-order valence-electron chi connectivity index (χ0n) is 19.7. The Morgan fingerprint density at radius 1 is 1.08 bits per heavy atom. The molecule has 194 valence electrons. The fourth-order valence-corrected chi connectivity index (χ4v) is 5.75. The quantitative estimate of drug-likeness (QED) is 0.407. The number of nitrogens with two attached hydrogens (primary N) is 1. The number of nitrogens with zero attached hydrogens (tertiary/aromatic N) is 1. The lowest BCUT2D eigenvalue weighted by molar-refractivity contribution is -0.138. The molecule has 0 spiro atoms.